The van der Waals surface area contributed by atoms with E-state index in [9.17, 15) is 4.39 Å². The van der Waals surface area contributed by atoms with Crippen molar-refractivity contribution in [3.05, 3.63) is 35.8 Å². The van der Waals surface area contributed by atoms with Crippen LogP contribution in [0.15, 0.2) is 24.4 Å². The number of aromatic nitrogens is 1. The van der Waals surface area contributed by atoms with E-state index in [4.69, 9.17) is 0 Å². The second-order valence-corrected chi connectivity index (χ2v) is 5.52. The monoisotopic (exact) mass is 260 g/mol. The zero-order valence-electron chi connectivity index (χ0n) is 11.6. The molecule has 0 bridgehead atoms. The highest BCUT2D eigenvalue weighted by Gasteiger charge is 2.40. The van der Waals surface area contributed by atoms with Crippen LogP contribution >= 0.6 is 0 Å². The minimum Gasteiger partial charge on any atom is -0.361 e. The van der Waals surface area contributed by atoms with Crippen LogP contribution < -0.4 is 0 Å². The van der Waals surface area contributed by atoms with E-state index in [0.29, 0.717) is 5.92 Å². The summed E-state index contributed by atoms with van der Waals surface area (Å²) in [6.07, 6.45) is 3.30. The Bertz CT molecular complexity index is 571. The smallest absolute Gasteiger partial charge is 0.123 e. The highest BCUT2D eigenvalue weighted by Crippen LogP contribution is 2.49. The molecule has 1 aromatic carbocycles. The Morgan fingerprint density at radius 3 is 2.84 bits per heavy atom. The maximum atomic E-state index is 13.4. The Balaban J connectivity index is 1.78. The molecular formula is C16H21FN2. The molecule has 1 aromatic heterocycles. The molecule has 0 amide bonds. The predicted octanol–water partition coefficient (Wildman–Crippen LogP) is 3.75. The molecule has 102 valence electrons. The number of rotatable bonds is 5. The molecule has 1 unspecified atom stereocenters. The molecule has 0 radical (unpaired) electrons. The van der Waals surface area contributed by atoms with E-state index in [1.807, 2.05) is 6.07 Å². The first kappa shape index (κ1) is 12.7. The van der Waals surface area contributed by atoms with Crippen molar-refractivity contribution in [3.63, 3.8) is 0 Å². The van der Waals surface area contributed by atoms with Crippen LogP contribution in [0.1, 0.15) is 31.7 Å². The number of aromatic amines is 1. The molecular weight excluding hydrogens is 239 g/mol. The fourth-order valence-electron chi connectivity index (χ4n) is 3.06. The summed E-state index contributed by atoms with van der Waals surface area (Å²) in [4.78, 5) is 5.73. The normalized spacial score (nSPS) is 22.3. The summed E-state index contributed by atoms with van der Waals surface area (Å²) in [6, 6.07) is 5.01. The Morgan fingerprint density at radius 2 is 2.11 bits per heavy atom. The summed E-state index contributed by atoms with van der Waals surface area (Å²) < 4.78 is 13.4. The molecule has 2 aromatic rings. The molecule has 2 nitrogen and oxygen atoms in total. The lowest BCUT2D eigenvalue weighted by Crippen LogP contribution is -2.25. The molecule has 2 atom stereocenters. The Labute approximate surface area is 113 Å². The number of nitrogens with zero attached hydrogens (tertiary/aromatic N) is 1. The molecule has 3 heteroatoms. The van der Waals surface area contributed by atoms with Gasteiger partial charge in [0.15, 0.2) is 0 Å². The van der Waals surface area contributed by atoms with Gasteiger partial charge in [0.2, 0.25) is 0 Å². The molecule has 1 fully saturated rings. The average Bonchev–Trinajstić information content (AvgIpc) is 3.06. The van der Waals surface area contributed by atoms with Gasteiger partial charge in [-0.05, 0) is 55.1 Å². The van der Waals surface area contributed by atoms with E-state index >= 15 is 0 Å². The van der Waals surface area contributed by atoms with Crippen LogP contribution in [0.5, 0.6) is 0 Å². The van der Waals surface area contributed by atoms with Crippen LogP contribution in [0.3, 0.4) is 0 Å². The first-order valence-electron chi connectivity index (χ1n) is 7.21. The lowest BCUT2D eigenvalue weighted by Gasteiger charge is -2.17. The summed E-state index contributed by atoms with van der Waals surface area (Å²) in [6.45, 7) is 7.81. The molecule has 0 saturated heterocycles. The van der Waals surface area contributed by atoms with Crippen molar-refractivity contribution in [1.29, 1.82) is 0 Å². The zero-order valence-corrected chi connectivity index (χ0v) is 11.6. The van der Waals surface area contributed by atoms with Gasteiger partial charge < -0.3 is 9.88 Å². The van der Waals surface area contributed by atoms with Gasteiger partial charge in [-0.25, -0.2) is 4.39 Å². The van der Waals surface area contributed by atoms with Gasteiger partial charge in [0.25, 0.3) is 0 Å². The van der Waals surface area contributed by atoms with Crippen molar-refractivity contribution < 1.29 is 4.39 Å². The topological polar surface area (TPSA) is 19.0 Å². The molecule has 1 aliphatic rings. The number of hydrogen-bond acceptors (Lipinski definition) is 1. The van der Waals surface area contributed by atoms with E-state index in [1.165, 1.54) is 24.6 Å². The van der Waals surface area contributed by atoms with Crippen molar-refractivity contribution in [1.82, 2.24) is 9.88 Å². The third kappa shape index (κ3) is 2.39. The third-order valence-corrected chi connectivity index (χ3v) is 4.38. The van der Waals surface area contributed by atoms with E-state index in [2.05, 4.69) is 29.9 Å². The Kier molecular flexibility index (Phi) is 3.31. The van der Waals surface area contributed by atoms with Crippen molar-refractivity contribution in [3.8, 4) is 0 Å². The molecule has 0 aliphatic heterocycles. The fourth-order valence-corrected chi connectivity index (χ4v) is 3.06. The summed E-state index contributed by atoms with van der Waals surface area (Å²) in [5, 5.41) is 1.06. The average molecular weight is 260 g/mol. The number of fused-ring (bicyclic) bond motifs is 1. The number of halogens is 1. The van der Waals surface area contributed by atoms with E-state index < -0.39 is 0 Å². The van der Waals surface area contributed by atoms with Crippen molar-refractivity contribution >= 4 is 10.9 Å². The van der Waals surface area contributed by atoms with Gasteiger partial charge in [0, 0.05) is 23.6 Å². The van der Waals surface area contributed by atoms with Gasteiger partial charge in [-0.15, -0.1) is 0 Å². The largest absolute Gasteiger partial charge is 0.361 e. The molecule has 0 spiro atoms. The maximum absolute atomic E-state index is 13.4. The summed E-state index contributed by atoms with van der Waals surface area (Å²) >= 11 is 0. The molecule has 1 heterocycles. The van der Waals surface area contributed by atoms with Gasteiger partial charge in [-0.1, -0.05) is 13.8 Å². The van der Waals surface area contributed by atoms with Crippen LogP contribution in [0.2, 0.25) is 0 Å². The number of benzene rings is 1. The Hall–Kier alpha value is -1.35. The van der Waals surface area contributed by atoms with Crippen LogP contribution in [0, 0.1) is 11.7 Å². The number of H-pyrrole nitrogens is 1. The fraction of sp³-hybridized carbons (Fsp3) is 0.500. The van der Waals surface area contributed by atoms with Gasteiger partial charge >= 0.3 is 0 Å². The van der Waals surface area contributed by atoms with Crippen molar-refractivity contribution in [2.45, 2.75) is 26.2 Å². The predicted molar refractivity (Wildman–Crippen MR) is 76.9 cm³/mol. The van der Waals surface area contributed by atoms with Gasteiger partial charge in [-0.2, -0.15) is 0 Å². The molecule has 19 heavy (non-hydrogen) atoms. The van der Waals surface area contributed by atoms with E-state index in [1.54, 1.807) is 6.07 Å². The summed E-state index contributed by atoms with van der Waals surface area (Å²) in [5.41, 5.74) is 2.34. The first-order chi connectivity index (χ1) is 9.22. The van der Waals surface area contributed by atoms with E-state index in [-0.39, 0.29) is 5.82 Å². The van der Waals surface area contributed by atoms with E-state index in [0.717, 1.165) is 29.9 Å². The number of nitrogens with one attached hydrogen (secondary N) is 1. The lowest BCUT2D eigenvalue weighted by molar-refractivity contribution is 0.289. The minimum absolute atomic E-state index is 0.144. The highest BCUT2D eigenvalue weighted by atomic mass is 19.1. The first-order valence-corrected chi connectivity index (χ1v) is 7.21. The van der Waals surface area contributed by atoms with Crippen LogP contribution in [0.25, 0.3) is 10.9 Å². The molecule has 1 N–H and O–H groups in total. The zero-order chi connectivity index (χ0) is 13.4. The van der Waals surface area contributed by atoms with Gasteiger partial charge in [0.05, 0.1) is 0 Å². The Morgan fingerprint density at radius 1 is 1.32 bits per heavy atom. The van der Waals surface area contributed by atoms with Crippen molar-refractivity contribution in [2.24, 2.45) is 5.92 Å². The summed E-state index contributed by atoms with van der Waals surface area (Å²) in [5.74, 6) is 1.20. The SMILES string of the molecule is CCN(CC)C[C@H]1CC1c1c[nH]c2ccc(F)cc12. The third-order valence-electron chi connectivity index (χ3n) is 4.38. The highest BCUT2D eigenvalue weighted by molar-refractivity contribution is 5.84. The molecule has 1 saturated carbocycles. The van der Waals surface area contributed by atoms with Crippen LogP contribution in [0.4, 0.5) is 4.39 Å². The quantitative estimate of drug-likeness (QED) is 0.867. The minimum atomic E-state index is -0.144. The second-order valence-electron chi connectivity index (χ2n) is 5.52. The van der Waals surface area contributed by atoms with Crippen LogP contribution in [-0.2, 0) is 0 Å². The van der Waals surface area contributed by atoms with Crippen LogP contribution in [-0.4, -0.2) is 29.5 Å². The second kappa shape index (κ2) is 4.97. The molecule has 3 rings (SSSR count). The molecule has 1 aliphatic carbocycles. The lowest BCUT2D eigenvalue weighted by atomic mass is 10.1. The summed E-state index contributed by atoms with van der Waals surface area (Å²) in [7, 11) is 0. The van der Waals surface area contributed by atoms with Gasteiger partial charge in [-0.3, -0.25) is 0 Å². The van der Waals surface area contributed by atoms with Gasteiger partial charge in [0.1, 0.15) is 5.82 Å². The standard InChI is InChI=1S/C16H21FN2/c1-3-19(4-2)10-11-7-13(11)15-9-18-16-6-5-12(17)8-14(15)16/h5-6,8-9,11,13,18H,3-4,7,10H2,1-2H3/t11-,13?/m1/s1. The maximum Gasteiger partial charge on any atom is 0.123 e. The number of hydrogen-bond donors (Lipinski definition) is 1. The van der Waals surface area contributed by atoms with Crippen molar-refractivity contribution in [2.75, 3.05) is 19.6 Å².